The molecule has 0 spiro atoms. The molecule has 1 unspecified atom stereocenters. The largest absolute Gasteiger partial charge is 0.461 e. The van der Waals surface area contributed by atoms with Gasteiger partial charge in [-0.25, -0.2) is 14.6 Å². The van der Waals surface area contributed by atoms with Crippen molar-refractivity contribution in [3.63, 3.8) is 0 Å². The third-order valence-corrected chi connectivity index (χ3v) is 4.09. The van der Waals surface area contributed by atoms with Crippen LogP contribution in [0.25, 0.3) is 0 Å². The average molecular weight is 349 g/mol. The summed E-state index contributed by atoms with van der Waals surface area (Å²) in [6.45, 7) is 6.97. The Morgan fingerprint density at radius 1 is 0.960 bits per heavy atom. The summed E-state index contributed by atoms with van der Waals surface area (Å²) < 4.78 is 10.4. The fourth-order valence-electron chi connectivity index (χ4n) is 2.19. The van der Waals surface area contributed by atoms with Crippen molar-refractivity contribution >= 4 is 11.9 Å². The molecule has 0 saturated heterocycles. The Balaban J connectivity index is 2.40. The van der Waals surface area contributed by atoms with Crippen molar-refractivity contribution in [2.45, 2.75) is 65.7 Å². The Kier molecular flexibility index (Phi) is 10.5. The van der Waals surface area contributed by atoms with Gasteiger partial charge in [0.15, 0.2) is 0 Å². The van der Waals surface area contributed by atoms with E-state index >= 15 is 0 Å². The van der Waals surface area contributed by atoms with Crippen LogP contribution in [-0.2, 0) is 9.47 Å². The standard InChI is InChI=1S/C20H31NO4/c1-4-6-7-8-9-10-14-24-19(22)17-12-11-13-18(21-17)20(23)25-15-16(3)5-2/h11-13,16H,4-10,14-15H2,1-3H3. The molecule has 0 aliphatic rings. The maximum atomic E-state index is 12.0. The van der Waals surface area contributed by atoms with E-state index in [-0.39, 0.29) is 11.4 Å². The molecule has 0 N–H and O–H groups in total. The van der Waals surface area contributed by atoms with E-state index in [9.17, 15) is 9.59 Å². The summed E-state index contributed by atoms with van der Waals surface area (Å²) in [5.74, 6) is -0.703. The number of pyridine rings is 1. The van der Waals surface area contributed by atoms with Gasteiger partial charge in [0.2, 0.25) is 0 Å². The van der Waals surface area contributed by atoms with Crippen LogP contribution in [0.4, 0.5) is 0 Å². The highest BCUT2D eigenvalue weighted by Crippen LogP contribution is 2.08. The molecular weight excluding hydrogens is 318 g/mol. The maximum absolute atomic E-state index is 12.0. The van der Waals surface area contributed by atoms with Gasteiger partial charge in [-0.1, -0.05) is 65.4 Å². The molecule has 0 bridgehead atoms. The fraction of sp³-hybridized carbons (Fsp3) is 0.650. The molecule has 1 heterocycles. The van der Waals surface area contributed by atoms with Crippen LogP contribution in [0.5, 0.6) is 0 Å². The second kappa shape index (κ2) is 12.5. The highest BCUT2D eigenvalue weighted by molar-refractivity contribution is 5.91. The van der Waals surface area contributed by atoms with E-state index < -0.39 is 11.9 Å². The van der Waals surface area contributed by atoms with E-state index in [1.807, 2.05) is 13.8 Å². The van der Waals surface area contributed by atoms with Gasteiger partial charge in [0, 0.05) is 0 Å². The van der Waals surface area contributed by atoms with E-state index in [1.165, 1.54) is 25.7 Å². The Bertz CT molecular complexity index is 530. The molecule has 1 aromatic rings. The lowest BCUT2D eigenvalue weighted by Gasteiger charge is -2.09. The van der Waals surface area contributed by atoms with Gasteiger partial charge >= 0.3 is 11.9 Å². The van der Waals surface area contributed by atoms with Crippen molar-refractivity contribution in [1.82, 2.24) is 4.98 Å². The SMILES string of the molecule is CCCCCCCCOC(=O)c1cccc(C(=O)OCC(C)CC)n1. The smallest absolute Gasteiger partial charge is 0.356 e. The highest BCUT2D eigenvalue weighted by Gasteiger charge is 2.15. The first kappa shape index (κ1) is 21.1. The van der Waals surface area contributed by atoms with E-state index in [0.717, 1.165) is 19.3 Å². The van der Waals surface area contributed by atoms with Crippen LogP contribution in [-0.4, -0.2) is 30.1 Å². The third kappa shape index (κ3) is 8.66. The van der Waals surface area contributed by atoms with Crippen LogP contribution in [0, 0.1) is 5.92 Å². The summed E-state index contributed by atoms with van der Waals surface area (Å²) in [5.41, 5.74) is 0.279. The number of nitrogens with zero attached hydrogens (tertiary/aromatic N) is 1. The van der Waals surface area contributed by atoms with E-state index in [0.29, 0.717) is 19.1 Å². The fourth-order valence-corrected chi connectivity index (χ4v) is 2.19. The normalized spacial score (nSPS) is 11.8. The second-order valence-corrected chi connectivity index (χ2v) is 6.42. The van der Waals surface area contributed by atoms with E-state index in [1.54, 1.807) is 18.2 Å². The number of esters is 2. The second-order valence-electron chi connectivity index (χ2n) is 6.42. The molecule has 0 aliphatic heterocycles. The first-order chi connectivity index (χ1) is 12.1. The molecule has 1 aromatic heterocycles. The molecule has 25 heavy (non-hydrogen) atoms. The minimum Gasteiger partial charge on any atom is -0.461 e. The molecule has 0 amide bonds. The van der Waals surface area contributed by atoms with Gasteiger partial charge in [-0.05, 0) is 24.5 Å². The molecule has 0 radical (unpaired) electrons. The zero-order chi connectivity index (χ0) is 18.5. The van der Waals surface area contributed by atoms with Gasteiger partial charge in [0.05, 0.1) is 13.2 Å². The molecule has 1 atom stereocenters. The summed E-state index contributed by atoms with van der Waals surface area (Å²) >= 11 is 0. The Labute approximate surface area is 151 Å². The lowest BCUT2D eigenvalue weighted by molar-refractivity contribution is 0.0438. The number of ether oxygens (including phenoxy) is 2. The van der Waals surface area contributed by atoms with Crippen molar-refractivity contribution in [1.29, 1.82) is 0 Å². The molecule has 5 nitrogen and oxygen atoms in total. The molecular formula is C20H31NO4. The Morgan fingerprint density at radius 2 is 1.56 bits per heavy atom. The number of carbonyl (C=O) groups is 2. The monoisotopic (exact) mass is 349 g/mol. The van der Waals surface area contributed by atoms with Crippen LogP contribution >= 0.6 is 0 Å². The number of carbonyl (C=O) groups excluding carboxylic acids is 2. The van der Waals surface area contributed by atoms with Crippen LogP contribution < -0.4 is 0 Å². The summed E-state index contributed by atoms with van der Waals surface area (Å²) in [7, 11) is 0. The first-order valence-electron chi connectivity index (χ1n) is 9.39. The number of rotatable bonds is 12. The zero-order valence-electron chi connectivity index (χ0n) is 15.8. The molecule has 0 fully saturated rings. The molecule has 0 saturated carbocycles. The number of hydrogen-bond acceptors (Lipinski definition) is 5. The summed E-state index contributed by atoms with van der Waals surface area (Å²) in [6, 6.07) is 4.71. The predicted molar refractivity (Wildman–Crippen MR) is 97.6 cm³/mol. The molecule has 140 valence electrons. The van der Waals surface area contributed by atoms with Gasteiger partial charge in [0.25, 0.3) is 0 Å². The van der Waals surface area contributed by atoms with Crippen LogP contribution in [0.2, 0.25) is 0 Å². The predicted octanol–water partition coefficient (Wildman–Crippen LogP) is 4.80. The molecule has 0 aliphatic carbocycles. The van der Waals surface area contributed by atoms with Gasteiger partial charge in [-0.3, -0.25) is 0 Å². The van der Waals surface area contributed by atoms with Crippen LogP contribution in [0.3, 0.4) is 0 Å². The minimum atomic E-state index is -0.508. The van der Waals surface area contributed by atoms with Crippen LogP contribution in [0.15, 0.2) is 18.2 Å². The Hall–Kier alpha value is -1.91. The van der Waals surface area contributed by atoms with Crippen molar-refractivity contribution in [2.75, 3.05) is 13.2 Å². The summed E-state index contributed by atoms with van der Waals surface area (Å²) in [5, 5.41) is 0. The molecule has 5 heteroatoms. The molecule has 0 aromatic carbocycles. The van der Waals surface area contributed by atoms with E-state index in [4.69, 9.17) is 9.47 Å². The Morgan fingerprint density at radius 3 is 2.20 bits per heavy atom. The average Bonchev–Trinajstić information content (AvgIpc) is 2.64. The zero-order valence-corrected chi connectivity index (χ0v) is 15.8. The van der Waals surface area contributed by atoms with Crippen molar-refractivity contribution in [3.8, 4) is 0 Å². The van der Waals surface area contributed by atoms with Crippen molar-refractivity contribution < 1.29 is 19.1 Å². The lowest BCUT2D eigenvalue weighted by atomic mass is 10.1. The van der Waals surface area contributed by atoms with Crippen molar-refractivity contribution in [3.05, 3.63) is 29.6 Å². The van der Waals surface area contributed by atoms with Gasteiger partial charge in [0.1, 0.15) is 11.4 Å². The van der Waals surface area contributed by atoms with Crippen molar-refractivity contribution in [2.24, 2.45) is 5.92 Å². The molecule has 1 rings (SSSR count). The number of unbranched alkanes of at least 4 members (excludes halogenated alkanes) is 5. The lowest BCUT2D eigenvalue weighted by Crippen LogP contribution is -2.15. The van der Waals surface area contributed by atoms with Gasteiger partial charge < -0.3 is 9.47 Å². The number of hydrogen-bond donors (Lipinski definition) is 0. The van der Waals surface area contributed by atoms with Crippen LogP contribution in [0.1, 0.15) is 86.7 Å². The highest BCUT2D eigenvalue weighted by atomic mass is 16.5. The van der Waals surface area contributed by atoms with E-state index in [2.05, 4.69) is 11.9 Å². The summed E-state index contributed by atoms with van der Waals surface area (Å²) in [4.78, 5) is 28.1. The quantitative estimate of drug-likeness (QED) is 0.400. The maximum Gasteiger partial charge on any atom is 0.356 e. The summed E-state index contributed by atoms with van der Waals surface area (Å²) in [6.07, 6.45) is 7.72. The van der Waals surface area contributed by atoms with Gasteiger partial charge in [-0.15, -0.1) is 0 Å². The van der Waals surface area contributed by atoms with Gasteiger partial charge in [-0.2, -0.15) is 0 Å². The first-order valence-corrected chi connectivity index (χ1v) is 9.39. The topological polar surface area (TPSA) is 65.5 Å². The number of aromatic nitrogens is 1. The minimum absolute atomic E-state index is 0.136. The third-order valence-electron chi connectivity index (χ3n) is 4.09.